The zero-order valence-corrected chi connectivity index (χ0v) is 21.3. The summed E-state index contributed by atoms with van der Waals surface area (Å²) in [7, 11) is 1.61. The Morgan fingerprint density at radius 2 is 1.92 bits per heavy atom. The second-order valence-corrected chi connectivity index (χ2v) is 8.72. The Morgan fingerprint density at radius 1 is 1.14 bits per heavy atom. The highest BCUT2D eigenvalue weighted by Gasteiger charge is 2.26. The van der Waals surface area contributed by atoms with Crippen LogP contribution < -0.4 is 15.6 Å². The molecule has 8 heteroatoms. The van der Waals surface area contributed by atoms with Crippen molar-refractivity contribution < 1.29 is 9.13 Å². The summed E-state index contributed by atoms with van der Waals surface area (Å²) in [5, 5.41) is 3.28. The largest absolute Gasteiger partial charge is 0.494 e. The van der Waals surface area contributed by atoms with Gasteiger partial charge in [-0.15, -0.1) is 0 Å². The summed E-state index contributed by atoms with van der Waals surface area (Å²) in [5.41, 5.74) is 4.50. The first-order valence-corrected chi connectivity index (χ1v) is 12.3. The summed E-state index contributed by atoms with van der Waals surface area (Å²) in [5.74, 6) is 0.668. The lowest BCUT2D eigenvalue weighted by Crippen LogP contribution is -2.26. The van der Waals surface area contributed by atoms with Crippen molar-refractivity contribution in [1.29, 1.82) is 0 Å². The van der Waals surface area contributed by atoms with Crippen LogP contribution >= 0.6 is 0 Å². The average molecular weight is 490 g/mol. The summed E-state index contributed by atoms with van der Waals surface area (Å²) < 4.78 is 22.9. The Bertz CT molecular complexity index is 1410. The quantitative estimate of drug-likeness (QED) is 0.337. The minimum atomic E-state index is -0.422. The van der Waals surface area contributed by atoms with Gasteiger partial charge in [0.15, 0.2) is 0 Å². The monoisotopic (exact) mass is 489 g/mol. The Morgan fingerprint density at radius 3 is 2.56 bits per heavy atom. The number of methoxy groups -OCH3 is 1. The van der Waals surface area contributed by atoms with Crippen LogP contribution in [0.2, 0.25) is 0 Å². The molecule has 7 nitrogen and oxygen atoms in total. The van der Waals surface area contributed by atoms with E-state index >= 15 is 0 Å². The zero-order chi connectivity index (χ0) is 25.8. The smallest absolute Gasteiger partial charge is 0.274 e. The van der Waals surface area contributed by atoms with Gasteiger partial charge in [0.2, 0.25) is 0 Å². The van der Waals surface area contributed by atoms with Crippen molar-refractivity contribution in [3.63, 3.8) is 0 Å². The molecule has 0 saturated heterocycles. The average Bonchev–Trinajstić information content (AvgIpc) is 3.66. The van der Waals surface area contributed by atoms with Crippen molar-refractivity contribution in [3.05, 3.63) is 94.4 Å². The van der Waals surface area contributed by atoms with Crippen LogP contribution in [0.25, 0.3) is 5.69 Å². The van der Waals surface area contributed by atoms with E-state index in [1.807, 2.05) is 68.9 Å². The van der Waals surface area contributed by atoms with Gasteiger partial charge in [0.05, 0.1) is 37.1 Å². The molecule has 188 valence electrons. The molecule has 3 heterocycles. The fourth-order valence-electron chi connectivity index (χ4n) is 4.14. The number of aryl methyl sites for hydroxylation is 1. The molecule has 0 radical (unpaired) electrons. The molecule has 5 rings (SSSR count). The summed E-state index contributed by atoms with van der Waals surface area (Å²) in [6.07, 6.45) is 10.5. The van der Waals surface area contributed by atoms with E-state index in [1.165, 1.54) is 6.07 Å². The van der Waals surface area contributed by atoms with E-state index < -0.39 is 5.82 Å². The van der Waals surface area contributed by atoms with Crippen LogP contribution in [0.15, 0.2) is 66.2 Å². The van der Waals surface area contributed by atoms with Crippen LogP contribution in [0.1, 0.15) is 62.4 Å². The molecule has 1 N–H and O–H groups in total. The first-order valence-electron chi connectivity index (χ1n) is 12.3. The molecule has 36 heavy (non-hydrogen) atoms. The first-order chi connectivity index (χ1) is 17.4. The maximum atomic E-state index is 13.8. The predicted molar refractivity (Wildman–Crippen MR) is 140 cm³/mol. The molecule has 1 fully saturated rings. The standard InChI is InChI=1S/C26H26FN5O2.C2H6/c1-16-13-31(15-29-16)24-7-6-22(10-25(24)34-3)30-23-9-20(18-4-5-18)14-32(26(23)33)17(2)19-8-21(27)12-28-11-19;1-2/h6-15,17-18,30H,4-5H2,1-3H3;1-2H3/t17-;/m0./s1. The number of nitrogens with zero attached hydrogens (tertiary/aromatic N) is 4. The number of aromatic nitrogens is 4. The number of rotatable bonds is 7. The minimum absolute atomic E-state index is 0.186. The molecule has 0 unspecified atom stereocenters. The molecule has 1 aliphatic rings. The van der Waals surface area contributed by atoms with Crippen molar-refractivity contribution in [2.45, 2.75) is 52.5 Å². The molecule has 1 saturated carbocycles. The van der Waals surface area contributed by atoms with Gasteiger partial charge in [-0.05, 0) is 68.0 Å². The van der Waals surface area contributed by atoms with Crippen LogP contribution in [0.4, 0.5) is 15.8 Å². The van der Waals surface area contributed by atoms with Gasteiger partial charge in [-0.25, -0.2) is 9.37 Å². The molecule has 1 aliphatic carbocycles. The summed E-state index contributed by atoms with van der Waals surface area (Å²) >= 11 is 0. The van der Waals surface area contributed by atoms with E-state index in [-0.39, 0.29) is 11.6 Å². The van der Waals surface area contributed by atoms with Crippen molar-refractivity contribution in [2.24, 2.45) is 0 Å². The number of hydrogen-bond acceptors (Lipinski definition) is 5. The van der Waals surface area contributed by atoms with E-state index in [0.29, 0.717) is 22.9 Å². The van der Waals surface area contributed by atoms with Gasteiger partial charge in [-0.1, -0.05) is 13.8 Å². The van der Waals surface area contributed by atoms with Crippen LogP contribution in [0.5, 0.6) is 5.75 Å². The first kappa shape index (κ1) is 25.2. The van der Waals surface area contributed by atoms with Crippen LogP contribution in [0, 0.1) is 12.7 Å². The molecule has 1 atom stereocenters. The lowest BCUT2D eigenvalue weighted by Gasteiger charge is -2.19. The Labute approximate surface area is 210 Å². The molecule has 0 bridgehead atoms. The normalized spacial score (nSPS) is 13.5. The van der Waals surface area contributed by atoms with Gasteiger partial charge < -0.3 is 19.2 Å². The topological polar surface area (TPSA) is 74.0 Å². The lowest BCUT2D eigenvalue weighted by atomic mass is 10.1. The molecular formula is C28H32FN5O2. The number of benzene rings is 1. The molecule has 1 aromatic carbocycles. The fraction of sp³-hybridized carbons (Fsp3) is 0.321. The van der Waals surface area contributed by atoms with E-state index in [1.54, 1.807) is 24.2 Å². The number of nitrogens with one attached hydrogen (secondary N) is 1. The number of halogens is 1. The van der Waals surface area contributed by atoms with E-state index in [4.69, 9.17) is 4.74 Å². The Balaban J connectivity index is 0.00000148. The van der Waals surface area contributed by atoms with E-state index in [2.05, 4.69) is 15.3 Å². The number of hydrogen-bond donors (Lipinski definition) is 1. The number of ether oxygens (including phenoxy) is 1. The molecule has 0 amide bonds. The minimum Gasteiger partial charge on any atom is -0.494 e. The maximum Gasteiger partial charge on any atom is 0.274 e. The Kier molecular flexibility index (Phi) is 7.52. The number of imidazole rings is 1. The van der Waals surface area contributed by atoms with E-state index in [0.717, 1.165) is 41.7 Å². The number of pyridine rings is 2. The van der Waals surface area contributed by atoms with Crippen LogP contribution in [-0.2, 0) is 0 Å². The van der Waals surface area contributed by atoms with Gasteiger partial charge in [0.1, 0.15) is 17.3 Å². The van der Waals surface area contributed by atoms with Crippen molar-refractivity contribution >= 4 is 11.4 Å². The van der Waals surface area contributed by atoms with Crippen molar-refractivity contribution in [2.75, 3.05) is 12.4 Å². The molecule has 0 spiro atoms. The SMILES string of the molecule is CC.COc1cc(Nc2cc(C3CC3)cn([C@@H](C)c3cncc(F)c3)c2=O)ccc1-n1cnc(C)c1. The fourth-order valence-corrected chi connectivity index (χ4v) is 4.14. The highest BCUT2D eigenvalue weighted by Crippen LogP contribution is 2.41. The second kappa shape index (κ2) is 10.8. The zero-order valence-electron chi connectivity index (χ0n) is 21.3. The summed E-state index contributed by atoms with van der Waals surface area (Å²) in [6, 6.07) is 8.66. The third kappa shape index (κ3) is 5.32. The lowest BCUT2D eigenvalue weighted by molar-refractivity contribution is 0.413. The Hall–Kier alpha value is -3.94. The van der Waals surface area contributed by atoms with Crippen molar-refractivity contribution in [1.82, 2.24) is 19.1 Å². The second-order valence-electron chi connectivity index (χ2n) is 8.72. The van der Waals surface area contributed by atoms with Gasteiger partial charge in [0.25, 0.3) is 5.56 Å². The van der Waals surface area contributed by atoms with Crippen LogP contribution in [0.3, 0.4) is 0 Å². The maximum absolute atomic E-state index is 13.8. The third-order valence-corrected chi connectivity index (χ3v) is 6.19. The predicted octanol–water partition coefficient (Wildman–Crippen LogP) is 6.14. The van der Waals surface area contributed by atoms with E-state index in [9.17, 15) is 9.18 Å². The van der Waals surface area contributed by atoms with Gasteiger partial charge >= 0.3 is 0 Å². The summed E-state index contributed by atoms with van der Waals surface area (Å²) in [4.78, 5) is 21.7. The molecular weight excluding hydrogens is 457 g/mol. The molecule has 3 aromatic heterocycles. The molecule has 4 aromatic rings. The van der Waals surface area contributed by atoms with Gasteiger partial charge in [-0.2, -0.15) is 0 Å². The third-order valence-electron chi connectivity index (χ3n) is 6.19. The van der Waals surface area contributed by atoms with Crippen molar-refractivity contribution in [3.8, 4) is 11.4 Å². The van der Waals surface area contributed by atoms with Gasteiger partial charge in [-0.3, -0.25) is 9.78 Å². The highest BCUT2D eigenvalue weighted by atomic mass is 19.1. The molecule has 0 aliphatic heterocycles. The van der Waals surface area contributed by atoms with Crippen LogP contribution in [-0.4, -0.2) is 26.2 Å². The van der Waals surface area contributed by atoms with Gasteiger partial charge in [0, 0.05) is 30.3 Å². The number of anilines is 2. The highest BCUT2D eigenvalue weighted by molar-refractivity contribution is 5.65. The summed E-state index contributed by atoms with van der Waals surface area (Å²) in [6.45, 7) is 7.81.